The third kappa shape index (κ3) is 6.67. The van der Waals surface area contributed by atoms with Crippen LogP contribution in [0, 0.1) is 0 Å². The molecule has 0 aromatic carbocycles. The molecule has 0 saturated carbocycles. The van der Waals surface area contributed by atoms with Gasteiger partial charge in [-0.1, -0.05) is 0 Å². The van der Waals surface area contributed by atoms with Crippen molar-refractivity contribution in [3.8, 4) is 0 Å². The van der Waals surface area contributed by atoms with Crippen LogP contribution in [0.2, 0.25) is 0 Å². The minimum Gasteiger partial charge on any atom is -0.438 e. The second-order valence-corrected chi connectivity index (χ2v) is 1.65. The number of carbonyl (C=O) groups excluding carboxylic acids is 1. The number of rotatable bonds is 1. The van der Waals surface area contributed by atoms with Crippen molar-refractivity contribution in [3.63, 3.8) is 0 Å². The predicted molar refractivity (Wildman–Crippen MR) is 41.3 cm³/mol. The van der Waals surface area contributed by atoms with Gasteiger partial charge in [-0.2, -0.15) is 0 Å². The summed E-state index contributed by atoms with van der Waals surface area (Å²) in [7, 11) is 1.28. The van der Waals surface area contributed by atoms with Crippen LogP contribution in [0.5, 0.6) is 0 Å². The van der Waals surface area contributed by atoms with Crippen LogP contribution in [0.4, 0.5) is 4.79 Å². The molecule has 0 spiro atoms. The fraction of sp³-hybridized carbons (Fsp3) is 0.429. The fourth-order valence-corrected chi connectivity index (χ4v) is 0.371. The summed E-state index contributed by atoms with van der Waals surface area (Å²) in [6, 6.07) is 0. The van der Waals surface area contributed by atoms with Crippen molar-refractivity contribution >= 4 is 6.16 Å². The predicted octanol–water partition coefficient (Wildman–Crippen LogP) is 1.02. The number of methoxy groups -OCH3 is 1. The van der Waals surface area contributed by atoms with E-state index in [-0.39, 0.29) is 0 Å². The highest BCUT2D eigenvalue weighted by atomic mass is 16.7. The summed E-state index contributed by atoms with van der Waals surface area (Å²) >= 11 is 0. The summed E-state index contributed by atoms with van der Waals surface area (Å²) in [5.41, 5.74) is 0. The van der Waals surface area contributed by atoms with Gasteiger partial charge in [-0.15, -0.1) is 0 Å². The molecule has 0 amide bonds. The van der Waals surface area contributed by atoms with Gasteiger partial charge in [0.15, 0.2) is 0 Å². The Morgan fingerprint density at radius 3 is 2.15 bits per heavy atom. The molecule has 0 atom stereocenters. The fourth-order valence-electron chi connectivity index (χ4n) is 0.371. The first-order valence-electron chi connectivity index (χ1n) is 3.43. The Balaban J connectivity index is 0.000000223. The molecule has 1 rings (SSSR count). The molecular formula is C7H10O6. The Morgan fingerprint density at radius 2 is 2.00 bits per heavy atom. The second kappa shape index (κ2) is 6.96. The van der Waals surface area contributed by atoms with Gasteiger partial charge in [-0.25, -0.2) is 9.59 Å². The van der Waals surface area contributed by atoms with Crippen LogP contribution in [0.1, 0.15) is 6.92 Å². The molecule has 0 aliphatic heterocycles. The van der Waals surface area contributed by atoms with Crippen LogP contribution in [-0.2, 0) is 9.47 Å². The van der Waals surface area contributed by atoms with E-state index in [9.17, 15) is 9.59 Å². The minimum absolute atomic E-state index is 0.368. The van der Waals surface area contributed by atoms with Crippen LogP contribution < -0.4 is 5.82 Å². The van der Waals surface area contributed by atoms with E-state index in [0.717, 1.165) is 0 Å². The smallest absolute Gasteiger partial charge is 0.438 e. The van der Waals surface area contributed by atoms with Gasteiger partial charge < -0.3 is 18.3 Å². The maximum atomic E-state index is 9.97. The summed E-state index contributed by atoms with van der Waals surface area (Å²) in [6.45, 7) is 2.09. The molecule has 0 bridgehead atoms. The Morgan fingerprint density at radius 1 is 1.46 bits per heavy atom. The average molecular weight is 190 g/mol. The molecular weight excluding hydrogens is 180 g/mol. The summed E-state index contributed by atoms with van der Waals surface area (Å²) in [5.74, 6) is -0.657. The summed E-state index contributed by atoms with van der Waals surface area (Å²) in [4.78, 5) is 19.7. The first-order chi connectivity index (χ1) is 6.20. The van der Waals surface area contributed by atoms with E-state index < -0.39 is 12.0 Å². The van der Waals surface area contributed by atoms with E-state index >= 15 is 0 Å². The van der Waals surface area contributed by atoms with E-state index in [1.807, 2.05) is 0 Å². The molecule has 0 unspecified atom stereocenters. The highest BCUT2D eigenvalue weighted by molar-refractivity contribution is 5.59. The van der Waals surface area contributed by atoms with Crippen molar-refractivity contribution in [1.29, 1.82) is 0 Å². The monoisotopic (exact) mass is 190 g/mol. The summed E-state index contributed by atoms with van der Waals surface area (Å²) < 4.78 is 16.7. The third-order valence-corrected chi connectivity index (χ3v) is 0.813. The molecule has 0 radical (unpaired) electrons. The Kier molecular flexibility index (Phi) is 6.04. The molecule has 6 heteroatoms. The van der Waals surface area contributed by atoms with Crippen LogP contribution >= 0.6 is 0 Å². The molecule has 0 aliphatic carbocycles. The lowest BCUT2D eigenvalue weighted by Crippen LogP contribution is -2.02. The Bertz CT molecular complexity index is 256. The minimum atomic E-state index is -0.657. The van der Waals surface area contributed by atoms with E-state index in [1.165, 1.54) is 19.6 Å². The molecule has 13 heavy (non-hydrogen) atoms. The molecule has 74 valence electrons. The normalized spacial score (nSPS) is 8.15. The lowest BCUT2D eigenvalue weighted by Gasteiger charge is -1.94. The van der Waals surface area contributed by atoms with Gasteiger partial charge in [-0.05, 0) is 6.92 Å². The zero-order chi connectivity index (χ0) is 10.1. The number of hydrogen-bond acceptors (Lipinski definition) is 6. The molecule has 0 aliphatic rings. The summed E-state index contributed by atoms with van der Waals surface area (Å²) in [5, 5.41) is 0. The average Bonchev–Trinajstić information content (AvgIpc) is 2.57. The van der Waals surface area contributed by atoms with Gasteiger partial charge in [0.05, 0.1) is 13.7 Å². The number of carbonyl (C=O) groups is 1. The zero-order valence-electron chi connectivity index (χ0n) is 7.31. The van der Waals surface area contributed by atoms with Crippen LogP contribution in [0.3, 0.4) is 0 Å². The highest BCUT2D eigenvalue weighted by Gasteiger charge is 1.92. The van der Waals surface area contributed by atoms with Gasteiger partial charge in [0.25, 0.3) is 0 Å². The van der Waals surface area contributed by atoms with E-state index in [1.54, 1.807) is 6.92 Å². The molecule has 6 nitrogen and oxygen atoms in total. The van der Waals surface area contributed by atoms with E-state index in [0.29, 0.717) is 6.61 Å². The van der Waals surface area contributed by atoms with Crippen LogP contribution in [0.15, 0.2) is 26.2 Å². The Hall–Kier alpha value is -1.72. The van der Waals surface area contributed by atoms with Crippen molar-refractivity contribution in [2.75, 3.05) is 13.7 Å². The maximum absolute atomic E-state index is 9.97. The number of ether oxygens (including phenoxy) is 2. The van der Waals surface area contributed by atoms with Crippen molar-refractivity contribution in [1.82, 2.24) is 0 Å². The van der Waals surface area contributed by atoms with E-state index in [2.05, 4.69) is 18.3 Å². The first kappa shape index (κ1) is 11.3. The molecule has 0 saturated heterocycles. The topological polar surface area (TPSA) is 78.9 Å². The summed E-state index contributed by atoms with van der Waals surface area (Å²) in [6.07, 6.45) is 1.74. The molecule has 1 aromatic heterocycles. The van der Waals surface area contributed by atoms with Crippen molar-refractivity contribution in [3.05, 3.63) is 23.1 Å². The SMILES string of the molecule is CCOC(=O)OC.O=c1occo1. The van der Waals surface area contributed by atoms with Crippen LogP contribution in [0.25, 0.3) is 0 Å². The van der Waals surface area contributed by atoms with Crippen molar-refractivity contribution in [2.24, 2.45) is 0 Å². The van der Waals surface area contributed by atoms with Crippen molar-refractivity contribution in [2.45, 2.75) is 6.92 Å². The van der Waals surface area contributed by atoms with Crippen molar-refractivity contribution < 1.29 is 23.1 Å². The van der Waals surface area contributed by atoms with E-state index in [4.69, 9.17) is 0 Å². The first-order valence-corrected chi connectivity index (χ1v) is 3.43. The molecule has 1 aromatic rings. The van der Waals surface area contributed by atoms with Gasteiger partial charge in [0.2, 0.25) is 0 Å². The van der Waals surface area contributed by atoms with Gasteiger partial charge in [-0.3, -0.25) is 0 Å². The van der Waals surface area contributed by atoms with Gasteiger partial charge in [0.1, 0.15) is 12.5 Å². The third-order valence-electron chi connectivity index (χ3n) is 0.813. The molecule has 0 fully saturated rings. The highest BCUT2D eigenvalue weighted by Crippen LogP contribution is 1.77. The van der Waals surface area contributed by atoms with Gasteiger partial charge >= 0.3 is 12.0 Å². The lowest BCUT2D eigenvalue weighted by molar-refractivity contribution is 0.0771. The Labute approximate surface area is 74.0 Å². The maximum Gasteiger partial charge on any atom is 0.518 e. The molecule has 1 heterocycles. The largest absolute Gasteiger partial charge is 0.518 e. The van der Waals surface area contributed by atoms with Crippen LogP contribution in [-0.4, -0.2) is 19.9 Å². The standard InChI is InChI=1S/C4H8O3.C3H2O3/c1-3-7-4(5)6-2;4-3-5-1-2-6-3/h3H2,1-2H3;1-2H. The quantitative estimate of drug-likeness (QED) is 0.615. The number of hydrogen-bond donors (Lipinski definition) is 0. The zero-order valence-corrected chi connectivity index (χ0v) is 7.31. The second-order valence-electron chi connectivity index (χ2n) is 1.65. The molecule has 0 N–H and O–H groups in total. The lowest BCUT2D eigenvalue weighted by atomic mass is 10.9. The van der Waals surface area contributed by atoms with Gasteiger partial charge in [0, 0.05) is 0 Å².